The Morgan fingerprint density at radius 1 is 1.35 bits per heavy atom. The molecule has 0 unspecified atom stereocenters. The molecule has 0 saturated heterocycles. The van der Waals surface area contributed by atoms with Gasteiger partial charge in [0.05, 0.1) is 6.54 Å². The number of carbonyl (C=O) groups is 1. The maximum atomic E-state index is 12.2. The molecule has 0 aromatic heterocycles. The number of nitrogens with one attached hydrogen (secondary N) is 1. The average Bonchev–Trinajstić information content (AvgIpc) is 2.47. The Balaban J connectivity index is 2.81. The van der Waals surface area contributed by atoms with Crippen LogP contribution in [0.15, 0.2) is 18.2 Å². The molecule has 0 bridgehead atoms. The molecule has 0 fully saturated rings. The molecule has 0 aliphatic heterocycles. The van der Waals surface area contributed by atoms with Gasteiger partial charge in [-0.05, 0) is 30.5 Å². The number of benzene rings is 1. The molecule has 20 heavy (non-hydrogen) atoms. The molecule has 3 N–H and O–H groups in total. The zero-order valence-corrected chi connectivity index (χ0v) is 12.6. The number of hydrogen-bond donors (Lipinski definition) is 2. The first kappa shape index (κ1) is 16.3. The van der Waals surface area contributed by atoms with Crippen LogP contribution in [0.25, 0.3) is 0 Å². The van der Waals surface area contributed by atoms with Gasteiger partial charge in [0.25, 0.3) is 5.91 Å². The Bertz CT molecular complexity index is 507. The third-order valence-corrected chi connectivity index (χ3v) is 3.52. The summed E-state index contributed by atoms with van der Waals surface area (Å²) in [5.74, 6) is 6.28. The summed E-state index contributed by atoms with van der Waals surface area (Å²) in [5, 5.41) is 3.01. The number of hydrogen-bond acceptors (Lipinski definition) is 2. The van der Waals surface area contributed by atoms with Gasteiger partial charge in [-0.25, -0.2) is 0 Å². The molecule has 0 aliphatic carbocycles. The predicted octanol–water partition coefficient (Wildman–Crippen LogP) is 2.47. The van der Waals surface area contributed by atoms with Crippen LogP contribution in [0.5, 0.6) is 0 Å². The minimum Gasteiger partial charge on any atom is -0.352 e. The van der Waals surface area contributed by atoms with Crippen molar-refractivity contribution in [2.45, 2.75) is 33.6 Å². The van der Waals surface area contributed by atoms with E-state index in [4.69, 9.17) is 5.73 Å². The van der Waals surface area contributed by atoms with Crippen LogP contribution in [0.3, 0.4) is 0 Å². The molecule has 3 nitrogen and oxygen atoms in total. The molecular weight excluding hydrogens is 248 g/mol. The van der Waals surface area contributed by atoms with Crippen molar-refractivity contribution >= 4 is 5.91 Å². The maximum Gasteiger partial charge on any atom is 0.251 e. The van der Waals surface area contributed by atoms with Gasteiger partial charge < -0.3 is 11.1 Å². The highest BCUT2D eigenvalue weighted by Gasteiger charge is 2.11. The second-order valence-electron chi connectivity index (χ2n) is 4.93. The smallest absolute Gasteiger partial charge is 0.251 e. The van der Waals surface area contributed by atoms with Gasteiger partial charge in [-0.1, -0.05) is 44.6 Å². The highest BCUT2D eigenvalue weighted by Crippen LogP contribution is 2.12. The van der Waals surface area contributed by atoms with E-state index in [0.29, 0.717) is 18.0 Å². The first-order valence-corrected chi connectivity index (χ1v) is 7.20. The molecule has 0 aliphatic rings. The van der Waals surface area contributed by atoms with Crippen molar-refractivity contribution in [1.29, 1.82) is 0 Å². The third-order valence-electron chi connectivity index (χ3n) is 3.52. The maximum absolute atomic E-state index is 12.2. The van der Waals surface area contributed by atoms with Gasteiger partial charge in [0.15, 0.2) is 0 Å². The molecule has 108 valence electrons. The van der Waals surface area contributed by atoms with Crippen LogP contribution in [0, 0.1) is 24.7 Å². The molecule has 1 aromatic carbocycles. The van der Waals surface area contributed by atoms with E-state index in [2.05, 4.69) is 31.0 Å². The standard InChI is InChI=1S/C17H24N2O/c1-4-14(5-2)12-19-17(20)16-11-15(7-6-10-18)9-8-13(16)3/h8-9,11,14H,4-5,10,12,18H2,1-3H3,(H,19,20). The fraction of sp³-hybridized carbons (Fsp3) is 0.471. The number of rotatable bonds is 5. The van der Waals surface area contributed by atoms with Crippen molar-refractivity contribution in [2.75, 3.05) is 13.1 Å². The van der Waals surface area contributed by atoms with Gasteiger partial charge in [0.2, 0.25) is 0 Å². The zero-order chi connectivity index (χ0) is 15.0. The van der Waals surface area contributed by atoms with Crippen molar-refractivity contribution in [2.24, 2.45) is 11.7 Å². The molecule has 0 radical (unpaired) electrons. The minimum absolute atomic E-state index is 0.0224. The second-order valence-corrected chi connectivity index (χ2v) is 4.93. The topological polar surface area (TPSA) is 55.1 Å². The summed E-state index contributed by atoms with van der Waals surface area (Å²) in [7, 11) is 0. The van der Waals surface area contributed by atoms with Gasteiger partial charge >= 0.3 is 0 Å². The van der Waals surface area contributed by atoms with Crippen molar-refractivity contribution in [3.05, 3.63) is 34.9 Å². The van der Waals surface area contributed by atoms with Gasteiger partial charge in [-0.2, -0.15) is 0 Å². The Kier molecular flexibility index (Phi) is 6.83. The monoisotopic (exact) mass is 272 g/mol. The fourth-order valence-corrected chi connectivity index (χ4v) is 2.01. The van der Waals surface area contributed by atoms with E-state index in [1.807, 2.05) is 25.1 Å². The van der Waals surface area contributed by atoms with E-state index in [-0.39, 0.29) is 5.91 Å². The summed E-state index contributed by atoms with van der Waals surface area (Å²) in [6.07, 6.45) is 2.16. The molecular formula is C17H24N2O. The number of amides is 1. The lowest BCUT2D eigenvalue weighted by molar-refractivity contribution is 0.0946. The van der Waals surface area contributed by atoms with Crippen LogP contribution in [-0.2, 0) is 0 Å². The van der Waals surface area contributed by atoms with E-state index in [1.54, 1.807) is 0 Å². The van der Waals surface area contributed by atoms with Crippen molar-refractivity contribution in [1.82, 2.24) is 5.32 Å². The highest BCUT2D eigenvalue weighted by atomic mass is 16.1. The Morgan fingerprint density at radius 3 is 2.65 bits per heavy atom. The molecule has 0 heterocycles. The minimum atomic E-state index is -0.0224. The molecule has 0 saturated carbocycles. The number of carbonyl (C=O) groups excluding carboxylic acids is 1. The lowest BCUT2D eigenvalue weighted by atomic mass is 10.0. The first-order valence-electron chi connectivity index (χ1n) is 7.20. The summed E-state index contributed by atoms with van der Waals surface area (Å²) in [6.45, 7) is 7.28. The van der Waals surface area contributed by atoms with Crippen molar-refractivity contribution in [3.8, 4) is 11.8 Å². The highest BCUT2D eigenvalue weighted by molar-refractivity contribution is 5.96. The van der Waals surface area contributed by atoms with E-state index in [9.17, 15) is 4.79 Å². The Morgan fingerprint density at radius 2 is 2.05 bits per heavy atom. The largest absolute Gasteiger partial charge is 0.352 e. The normalized spacial score (nSPS) is 10.1. The van der Waals surface area contributed by atoms with E-state index >= 15 is 0 Å². The van der Waals surface area contributed by atoms with Gasteiger partial charge in [0, 0.05) is 17.7 Å². The van der Waals surface area contributed by atoms with E-state index in [1.165, 1.54) is 0 Å². The summed E-state index contributed by atoms with van der Waals surface area (Å²) < 4.78 is 0. The third kappa shape index (κ3) is 4.71. The SMILES string of the molecule is CCC(CC)CNC(=O)c1cc(C#CCN)ccc1C. The quantitative estimate of drug-likeness (QED) is 0.809. The van der Waals surface area contributed by atoms with Crippen LogP contribution >= 0.6 is 0 Å². The first-order chi connectivity index (χ1) is 9.62. The molecule has 3 heteroatoms. The Labute approximate surface area is 121 Å². The summed E-state index contributed by atoms with van der Waals surface area (Å²) in [5.41, 5.74) is 7.85. The number of aryl methyl sites for hydroxylation is 1. The van der Waals surface area contributed by atoms with Crippen LogP contribution in [0.2, 0.25) is 0 Å². The van der Waals surface area contributed by atoms with Crippen LogP contribution in [0.1, 0.15) is 48.2 Å². The van der Waals surface area contributed by atoms with Crippen molar-refractivity contribution in [3.63, 3.8) is 0 Å². The van der Waals surface area contributed by atoms with Gasteiger partial charge in [0.1, 0.15) is 0 Å². The predicted molar refractivity (Wildman–Crippen MR) is 83.5 cm³/mol. The summed E-state index contributed by atoms with van der Waals surface area (Å²) in [6, 6.07) is 5.67. The van der Waals surface area contributed by atoms with E-state index < -0.39 is 0 Å². The van der Waals surface area contributed by atoms with Gasteiger partial charge in [-0.15, -0.1) is 0 Å². The second kappa shape index (κ2) is 8.39. The zero-order valence-electron chi connectivity index (χ0n) is 12.6. The molecule has 1 aromatic rings. The van der Waals surface area contributed by atoms with Crippen molar-refractivity contribution < 1.29 is 4.79 Å². The lowest BCUT2D eigenvalue weighted by Crippen LogP contribution is -2.29. The lowest BCUT2D eigenvalue weighted by Gasteiger charge is -2.14. The van der Waals surface area contributed by atoms with E-state index in [0.717, 1.165) is 30.5 Å². The molecule has 0 atom stereocenters. The molecule has 0 spiro atoms. The van der Waals surface area contributed by atoms with Crippen LogP contribution < -0.4 is 11.1 Å². The average molecular weight is 272 g/mol. The Hall–Kier alpha value is -1.79. The summed E-state index contributed by atoms with van der Waals surface area (Å²) >= 11 is 0. The van der Waals surface area contributed by atoms with Gasteiger partial charge in [-0.3, -0.25) is 4.79 Å². The molecule has 1 amide bonds. The van der Waals surface area contributed by atoms with Crippen LogP contribution in [0.4, 0.5) is 0 Å². The van der Waals surface area contributed by atoms with Crippen LogP contribution in [-0.4, -0.2) is 19.0 Å². The fourth-order valence-electron chi connectivity index (χ4n) is 2.01. The number of nitrogens with two attached hydrogens (primary N) is 1. The summed E-state index contributed by atoms with van der Waals surface area (Å²) in [4.78, 5) is 12.2. The molecule has 1 rings (SSSR count).